The molecule has 158 valence electrons. The van der Waals surface area contributed by atoms with Crippen molar-refractivity contribution < 1.29 is 19.1 Å². The molecule has 2 fully saturated rings. The van der Waals surface area contributed by atoms with E-state index in [2.05, 4.69) is 13.8 Å². The number of carbonyl (C=O) groups is 2. The minimum absolute atomic E-state index is 0.00755. The Balaban J connectivity index is 0.000000271. The van der Waals surface area contributed by atoms with Crippen molar-refractivity contribution in [3.8, 4) is 0 Å². The molecule has 0 atom stereocenters. The molecule has 6 nitrogen and oxygen atoms in total. The molecule has 27 heavy (non-hydrogen) atoms. The van der Waals surface area contributed by atoms with Crippen molar-refractivity contribution in [2.75, 3.05) is 32.8 Å². The van der Waals surface area contributed by atoms with E-state index < -0.39 is 0 Å². The second-order valence-electron chi connectivity index (χ2n) is 8.74. The van der Waals surface area contributed by atoms with Crippen molar-refractivity contribution in [1.29, 1.82) is 0 Å². The average molecular weight is 385 g/mol. The summed E-state index contributed by atoms with van der Waals surface area (Å²) in [5.74, 6) is 1.93. The van der Waals surface area contributed by atoms with Gasteiger partial charge in [-0.05, 0) is 57.3 Å². The molecule has 0 aliphatic carbocycles. The average Bonchev–Trinajstić information content (AvgIpc) is 2.61. The van der Waals surface area contributed by atoms with Crippen LogP contribution in [0.2, 0.25) is 0 Å². The largest absolute Gasteiger partial charge is 0.449 e. The number of hydrogen-bond donors (Lipinski definition) is 0. The molecule has 2 amide bonds. The monoisotopic (exact) mass is 384 g/mol. The van der Waals surface area contributed by atoms with E-state index in [1.165, 1.54) is 0 Å². The first kappa shape index (κ1) is 23.6. The SMILES string of the molecule is CC(C)COC(=O)N1CCC(C)CC1.CC1CCN(C(=O)OC(C)C)CC1. The predicted octanol–water partition coefficient (Wildman–Crippen LogP) is 4.77. The first-order chi connectivity index (χ1) is 12.7. The molecule has 0 spiro atoms. The fourth-order valence-electron chi connectivity index (χ4n) is 2.99. The van der Waals surface area contributed by atoms with Crippen LogP contribution in [0.5, 0.6) is 0 Å². The zero-order valence-corrected chi connectivity index (χ0v) is 18.2. The van der Waals surface area contributed by atoms with E-state index in [-0.39, 0.29) is 18.3 Å². The lowest BCUT2D eigenvalue weighted by atomic mass is 10.00. The summed E-state index contributed by atoms with van der Waals surface area (Å²) >= 11 is 0. The highest BCUT2D eigenvalue weighted by molar-refractivity contribution is 5.68. The van der Waals surface area contributed by atoms with Gasteiger partial charge in [0.15, 0.2) is 0 Å². The van der Waals surface area contributed by atoms with Gasteiger partial charge < -0.3 is 19.3 Å². The van der Waals surface area contributed by atoms with E-state index >= 15 is 0 Å². The van der Waals surface area contributed by atoms with Crippen LogP contribution in [0.4, 0.5) is 9.59 Å². The number of hydrogen-bond acceptors (Lipinski definition) is 4. The molecule has 0 aromatic heterocycles. The molecule has 2 aliphatic heterocycles. The summed E-state index contributed by atoms with van der Waals surface area (Å²) in [5, 5.41) is 0. The Hall–Kier alpha value is -1.46. The maximum Gasteiger partial charge on any atom is 0.410 e. The van der Waals surface area contributed by atoms with Crippen molar-refractivity contribution in [3.63, 3.8) is 0 Å². The van der Waals surface area contributed by atoms with Gasteiger partial charge in [0, 0.05) is 26.2 Å². The lowest BCUT2D eigenvalue weighted by molar-refractivity contribution is 0.0664. The minimum atomic E-state index is -0.151. The molecule has 0 saturated carbocycles. The van der Waals surface area contributed by atoms with Crippen molar-refractivity contribution in [1.82, 2.24) is 9.80 Å². The molecule has 2 saturated heterocycles. The normalized spacial score (nSPS) is 19.0. The highest BCUT2D eigenvalue weighted by Crippen LogP contribution is 2.17. The van der Waals surface area contributed by atoms with Gasteiger partial charge in [0.25, 0.3) is 0 Å². The lowest BCUT2D eigenvalue weighted by Gasteiger charge is -2.30. The third-order valence-electron chi connectivity index (χ3n) is 4.96. The lowest BCUT2D eigenvalue weighted by Crippen LogP contribution is -2.39. The van der Waals surface area contributed by atoms with Crippen molar-refractivity contribution in [2.45, 2.75) is 73.3 Å². The molecule has 0 radical (unpaired) electrons. The Kier molecular flexibility index (Phi) is 10.6. The van der Waals surface area contributed by atoms with E-state index in [1.807, 2.05) is 32.6 Å². The summed E-state index contributed by atoms with van der Waals surface area (Å²) in [6.07, 6.45) is 4.13. The first-order valence-electron chi connectivity index (χ1n) is 10.6. The van der Waals surface area contributed by atoms with Crippen LogP contribution >= 0.6 is 0 Å². The number of piperidine rings is 2. The third-order valence-corrected chi connectivity index (χ3v) is 4.96. The van der Waals surface area contributed by atoms with Gasteiger partial charge in [-0.3, -0.25) is 0 Å². The molecule has 2 aliphatic rings. The first-order valence-corrected chi connectivity index (χ1v) is 10.6. The Labute approximate surface area is 165 Å². The standard InChI is InChI=1S/C11H21NO2.C10H19NO2/c1-9(2)8-14-11(13)12-6-4-10(3)5-7-12;1-8(2)13-10(12)11-6-4-9(3)5-7-11/h9-10H,4-8H2,1-3H3;8-9H,4-7H2,1-3H3. The summed E-state index contributed by atoms with van der Waals surface area (Å²) in [6.45, 7) is 16.3. The number of amides is 2. The maximum atomic E-state index is 11.5. The molecular weight excluding hydrogens is 344 g/mol. The van der Waals surface area contributed by atoms with Gasteiger partial charge in [-0.15, -0.1) is 0 Å². The topological polar surface area (TPSA) is 59.1 Å². The summed E-state index contributed by atoms with van der Waals surface area (Å²) in [7, 11) is 0. The van der Waals surface area contributed by atoms with Gasteiger partial charge in [0.2, 0.25) is 0 Å². The highest BCUT2D eigenvalue weighted by Gasteiger charge is 2.22. The van der Waals surface area contributed by atoms with Crippen LogP contribution < -0.4 is 0 Å². The fraction of sp³-hybridized carbons (Fsp3) is 0.905. The Morgan fingerprint density at radius 1 is 0.815 bits per heavy atom. The predicted molar refractivity (Wildman–Crippen MR) is 108 cm³/mol. The van der Waals surface area contributed by atoms with Crippen LogP contribution in [-0.2, 0) is 9.47 Å². The van der Waals surface area contributed by atoms with E-state index in [0.717, 1.165) is 63.7 Å². The second kappa shape index (κ2) is 12.1. The van der Waals surface area contributed by atoms with Crippen LogP contribution in [0.1, 0.15) is 67.2 Å². The van der Waals surface area contributed by atoms with E-state index in [0.29, 0.717) is 12.5 Å². The number of ether oxygens (including phenoxy) is 2. The summed E-state index contributed by atoms with van der Waals surface area (Å²) in [4.78, 5) is 26.6. The number of likely N-dealkylation sites (tertiary alicyclic amines) is 2. The Morgan fingerprint density at radius 3 is 1.59 bits per heavy atom. The van der Waals surface area contributed by atoms with Crippen molar-refractivity contribution >= 4 is 12.2 Å². The molecule has 0 N–H and O–H groups in total. The van der Waals surface area contributed by atoms with Gasteiger partial charge >= 0.3 is 12.2 Å². The molecule has 2 rings (SSSR count). The zero-order valence-electron chi connectivity index (χ0n) is 18.2. The van der Waals surface area contributed by atoms with Crippen molar-refractivity contribution in [2.24, 2.45) is 17.8 Å². The Bertz CT molecular complexity index is 437. The summed E-state index contributed by atoms with van der Waals surface area (Å²) in [5.41, 5.74) is 0. The van der Waals surface area contributed by atoms with E-state index in [9.17, 15) is 9.59 Å². The van der Waals surface area contributed by atoms with Crippen LogP contribution in [-0.4, -0.2) is 60.9 Å². The number of nitrogens with zero attached hydrogens (tertiary/aromatic N) is 2. The van der Waals surface area contributed by atoms with Crippen LogP contribution in [0.25, 0.3) is 0 Å². The fourth-order valence-corrected chi connectivity index (χ4v) is 2.99. The quantitative estimate of drug-likeness (QED) is 0.703. The molecule has 0 bridgehead atoms. The smallest absolute Gasteiger partial charge is 0.410 e. The summed E-state index contributed by atoms with van der Waals surface area (Å²) in [6, 6.07) is 0. The molecule has 0 unspecified atom stereocenters. The van der Waals surface area contributed by atoms with Crippen LogP contribution in [0, 0.1) is 17.8 Å². The van der Waals surface area contributed by atoms with Crippen LogP contribution in [0.15, 0.2) is 0 Å². The van der Waals surface area contributed by atoms with Gasteiger partial charge in [-0.25, -0.2) is 9.59 Å². The van der Waals surface area contributed by atoms with Crippen molar-refractivity contribution in [3.05, 3.63) is 0 Å². The minimum Gasteiger partial charge on any atom is -0.449 e. The van der Waals surface area contributed by atoms with Gasteiger partial charge in [-0.1, -0.05) is 27.7 Å². The molecule has 0 aromatic carbocycles. The van der Waals surface area contributed by atoms with Gasteiger partial charge in [-0.2, -0.15) is 0 Å². The van der Waals surface area contributed by atoms with Crippen LogP contribution in [0.3, 0.4) is 0 Å². The number of carbonyl (C=O) groups excluding carboxylic acids is 2. The number of rotatable bonds is 3. The zero-order chi connectivity index (χ0) is 20.4. The van der Waals surface area contributed by atoms with Gasteiger partial charge in [0.05, 0.1) is 12.7 Å². The Morgan fingerprint density at radius 2 is 1.22 bits per heavy atom. The molecular formula is C21H40N2O4. The maximum absolute atomic E-state index is 11.5. The highest BCUT2D eigenvalue weighted by atomic mass is 16.6. The van der Waals surface area contributed by atoms with E-state index in [4.69, 9.17) is 9.47 Å². The van der Waals surface area contributed by atoms with Gasteiger partial charge in [0.1, 0.15) is 0 Å². The molecule has 2 heterocycles. The summed E-state index contributed by atoms with van der Waals surface area (Å²) < 4.78 is 10.3. The molecule has 0 aromatic rings. The molecule has 6 heteroatoms. The third kappa shape index (κ3) is 9.87. The second-order valence-corrected chi connectivity index (χ2v) is 8.74. The van der Waals surface area contributed by atoms with E-state index in [1.54, 1.807) is 4.90 Å².